The first kappa shape index (κ1) is 24.0. The monoisotopic (exact) mass is 469 g/mol. The molecule has 0 bridgehead atoms. The van der Waals surface area contributed by atoms with Crippen molar-refractivity contribution < 1.29 is 40.7 Å². The largest absolute Gasteiger partial charge is 0.484 e. The molecule has 14 heteroatoms. The fourth-order valence-electron chi connectivity index (χ4n) is 2.10. The molecule has 0 atom stereocenters. The Hall–Kier alpha value is -3.29. The molecule has 0 unspecified atom stereocenters. The molecule has 2 N–H and O–H groups in total. The summed E-state index contributed by atoms with van der Waals surface area (Å²) < 4.78 is 83.4. The van der Waals surface area contributed by atoms with Crippen LogP contribution in [0.3, 0.4) is 0 Å². The number of hydrogen-bond acceptors (Lipinski definition) is 5. The molecule has 2 aromatic rings. The van der Waals surface area contributed by atoms with Crippen LogP contribution in [-0.4, -0.2) is 35.6 Å². The van der Waals surface area contributed by atoms with E-state index >= 15 is 0 Å². The average molecular weight is 469 g/mol. The van der Waals surface area contributed by atoms with Crippen molar-refractivity contribution in [3.8, 4) is 11.5 Å². The van der Waals surface area contributed by atoms with Gasteiger partial charge in [0, 0.05) is 41.7 Å². The van der Waals surface area contributed by atoms with Crippen molar-refractivity contribution in [2.24, 2.45) is 0 Å². The van der Waals surface area contributed by atoms with E-state index in [1.807, 2.05) is 0 Å². The fraction of sp³-hybridized carbons (Fsp3) is 0.235. The molecule has 31 heavy (non-hydrogen) atoms. The van der Waals surface area contributed by atoms with Crippen molar-refractivity contribution in [2.45, 2.75) is 12.4 Å². The van der Waals surface area contributed by atoms with Gasteiger partial charge in [0.05, 0.1) is 4.92 Å². The molecule has 168 valence electrons. The van der Waals surface area contributed by atoms with Gasteiger partial charge in [0.25, 0.3) is 5.69 Å². The number of rotatable bonds is 7. The van der Waals surface area contributed by atoms with Crippen LogP contribution in [-0.2, 0) is 0 Å². The number of nitrogens with one attached hydrogen (secondary N) is 2. The predicted molar refractivity (Wildman–Crippen MR) is 102 cm³/mol. The van der Waals surface area contributed by atoms with Gasteiger partial charge in [-0.15, -0.1) is 0 Å². The molecule has 0 heterocycles. The van der Waals surface area contributed by atoms with Gasteiger partial charge in [-0.2, -0.15) is 26.3 Å². The first-order valence-corrected chi connectivity index (χ1v) is 8.58. The summed E-state index contributed by atoms with van der Waals surface area (Å²) in [7, 11) is 0. The molecule has 7 nitrogen and oxygen atoms in total. The highest BCUT2D eigenvalue weighted by atomic mass is 32.1. The summed E-state index contributed by atoms with van der Waals surface area (Å²) in [4.78, 5) is 10.1. The number of alkyl halides is 6. The van der Waals surface area contributed by atoms with E-state index in [2.05, 4.69) is 20.1 Å². The quantitative estimate of drug-likeness (QED) is 0.247. The molecular formula is C17H13F6N3O4S. The van der Waals surface area contributed by atoms with E-state index in [9.17, 15) is 36.5 Å². The Morgan fingerprint density at radius 2 is 1.32 bits per heavy atom. The van der Waals surface area contributed by atoms with Crippen LogP contribution in [0, 0.1) is 10.1 Å². The van der Waals surface area contributed by atoms with Gasteiger partial charge in [-0.1, -0.05) is 0 Å². The van der Waals surface area contributed by atoms with E-state index in [-0.39, 0.29) is 16.5 Å². The zero-order valence-electron chi connectivity index (χ0n) is 15.2. The maximum Gasteiger partial charge on any atom is 0.422 e. The minimum Gasteiger partial charge on any atom is -0.484 e. The van der Waals surface area contributed by atoms with Crippen molar-refractivity contribution in [3.05, 3.63) is 52.6 Å². The topological polar surface area (TPSA) is 85.7 Å². The van der Waals surface area contributed by atoms with Crippen LogP contribution in [0.2, 0.25) is 0 Å². The lowest BCUT2D eigenvalue weighted by Crippen LogP contribution is -2.21. The number of nitro benzene ring substituents is 1. The number of nitro groups is 1. The highest BCUT2D eigenvalue weighted by molar-refractivity contribution is 7.80. The summed E-state index contributed by atoms with van der Waals surface area (Å²) in [6, 6.07) is 8.15. The number of hydrogen-bond donors (Lipinski definition) is 2. The zero-order chi connectivity index (χ0) is 23.2. The molecule has 0 fully saturated rings. The van der Waals surface area contributed by atoms with Gasteiger partial charge in [-0.3, -0.25) is 10.1 Å². The predicted octanol–water partition coefficient (Wildman–Crippen LogP) is 5.29. The van der Waals surface area contributed by atoms with Crippen LogP contribution in [0.25, 0.3) is 0 Å². The van der Waals surface area contributed by atoms with Crippen LogP contribution in [0.1, 0.15) is 0 Å². The molecule has 2 aromatic carbocycles. The fourth-order valence-corrected chi connectivity index (χ4v) is 2.34. The summed E-state index contributed by atoms with van der Waals surface area (Å²) in [6.45, 7) is -3.33. The molecule has 0 spiro atoms. The van der Waals surface area contributed by atoms with Crippen LogP contribution in [0.5, 0.6) is 11.5 Å². The number of ether oxygens (including phenoxy) is 2. The van der Waals surface area contributed by atoms with Gasteiger partial charge < -0.3 is 20.1 Å². The van der Waals surface area contributed by atoms with Crippen molar-refractivity contribution in [2.75, 3.05) is 23.8 Å². The Labute approximate surface area is 176 Å². The number of halogens is 6. The SMILES string of the molecule is O=[N+]([O-])c1ccc(NC(=S)Nc2cc(OCC(F)(F)F)cc(OCC(F)(F)F)c2)cc1. The molecule has 0 radical (unpaired) electrons. The number of benzene rings is 2. The number of thiocarbonyl (C=S) groups is 1. The van der Waals surface area contributed by atoms with Crippen LogP contribution >= 0.6 is 12.2 Å². The summed E-state index contributed by atoms with van der Waals surface area (Å²) >= 11 is 5.04. The summed E-state index contributed by atoms with van der Waals surface area (Å²) in [6.07, 6.45) is -9.33. The summed E-state index contributed by atoms with van der Waals surface area (Å²) in [5.74, 6) is -0.810. The first-order valence-electron chi connectivity index (χ1n) is 8.17. The summed E-state index contributed by atoms with van der Waals surface area (Å²) in [5, 5.41) is 15.8. The number of nitrogens with zero attached hydrogens (tertiary/aromatic N) is 1. The molecular weight excluding hydrogens is 456 g/mol. The van der Waals surface area contributed by atoms with Crippen molar-refractivity contribution in [1.29, 1.82) is 0 Å². The third kappa shape index (κ3) is 8.94. The van der Waals surface area contributed by atoms with E-state index in [1.54, 1.807) is 0 Å². The molecule has 0 aliphatic heterocycles. The molecule has 0 aliphatic rings. The highest BCUT2D eigenvalue weighted by Crippen LogP contribution is 2.29. The standard InChI is InChI=1S/C17H13F6N3O4S/c18-16(19,20)8-29-13-5-11(6-14(7-13)30-9-17(21,22)23)25-15(31)24-10-1-3-12(4-2-10)26(27)28/h1-7H,8-9H2,(H2,24,25,31). The zero-order valence-corrected chi connectivity index (χ0v) is 16.0. The molecule has 2 rings (SSSR count). The van der Waals surface area contributed by atoms with Gasteiger partial charge in [0.1, 0.15) is 11.5 Å². The first-order chi connectivity index (χ1) is 14.3. The lowest BCUT2D eigenvalue weighted by Gasteiger charge is -2.16. The van der Waals surface area contributed by atoms with Crippen molar-refractivity contribution in [3.63, 3.8) is 0 Å². The third-order valence-corrected chi connectivity index (χ3v) is 3.48. The Balaban J connectivity index is 2.14. The van der Waals surface area contributed by atoms with Crippen LogP contribution < -0.4 is 20.1 Å². The Bertz CT molecular complexity index is 899. The molecule has 0 aromatic heterocycles. The second kappa shape index (κ2) is 9.68. The van der Waals surface area contributed by atoms with Gasteiger partial charge >= 0.3 is 12.4 Å². The number of non-ortho nitro benzene ring substituents is 1. The minimum absolute atomic E-state index is 0.0174. The van der Waals surface area contributed by atoms with Crippen molar-refractivity contribution in [1.82, 2.24) is 0 Å². The second-order valence-electron chi connectivity index (χ2n) is 5.88. The van der Waals surface area contributed by atoms with Gasteiger partial charge in [-0.25, -0.2) is 0 Å². The smallest absolute Gasteiger partial charge is 0.422 e. The maximum atomic E-state index is 12.4. The van der Waals surface area contributed by atoms with Crippen LogP contribution in [0.4, 0.5) is 43.4 Å². The van der Waals surface area contributed by atoms with E-state index in [1.165, 1.54) is 24.3 Å². The van der Waals surface area contributed by atoms with Gasteiger partial charge in [0.15, 0.2) is 18.3 Å². The van der Waals surface area contributed by atoms with E-state index in [4.69, 9.17) is 12.2 Å². The number of anilines is 2. The normalized spacial score (nSPS) is 11.5. The lowest BCUT2D eigenvalue weighted by atomic mass is 10.2. The lowest BCUT2D eigenvalue weighted by molar-refractivity contribution is -0.384. The third-order valence-electron chi connectivity index (χ3n) is 3.28. The van der Waals surface area contributed by atoms with E-state index < -0.39 is 42.0 Å². The van der Waals surface area contributed by atoms with Crippen molar-refractivity contribution >= 4 is 34.4 Å². The Morgan fingerprint density at radius 1 is 0.871 bits per heavy atom. The summed E-state index contributed by atoms with van der Waals surface area (Å²) in [5.41, 5.74) is 0.169. The van der Waals surface area contributed by atoms with Gasteiger partial charge in [-0.05, 0) is 24.4 Å². The maximum absolute atomic E-state index is 12.4. The van der Waals surface area contributed by atoms with E-state index in [0.717, 1.165) is 18.2 Å². The minimum atomic E-state index is -4.66. The molecule has 0 amide bonds. The highest BCUT2D eigenvalue weighted by Gasteiger charge is 2.30. The second-order valence-corrected chi connectivity index (χ2v) is 6.29. The average Bonchev–Trinajstić information content (AvgIpc) is 2.64. The molecule has 0 saturated heterocycles. The molecule has 0 aliphatic carbocycles. The molecule has 0 saturated carbocycles. The van der Waals surface area contributed by atoms with Crippen LogP contribution in [0.15, 0.2) is 42.5 Å². The van der Waals surface area contributed by atoms with E-state index in [0.29, 0.717) is 5.69 Å². The Morgan fingerprint density at radius 3 is 1.74 bits per heavy atom. The van der Waals surface area contributed by atoms with Gasteiger partial charge in [0.2, 0.25) is 0 Å². The Kier molecular flexibility index (Phi) is 7.49.